The average Bonchev–Trinajstić information content (AvgIpc) is 3.73. The smallest absolute Gasteiger partial charge is 0.227 e. The molecule has 2 aromatic heterocycles. The Hall–Kier alpha value is -5.71. The van der Waals surface area contributed by atoms with Crippen LogP contribution < -0.4 is 0 Å². The normalized spacial score (nSPS) is 11.5. The summed E-state index contributed by atoms with van der Waals surface area (Å²) >= 11 is 3.58. The molecule has 0 N–H and O–H groups in total. The summed E-state index contributed by atoms with van der Waals surface area (Å²) in [5.74, 6) is 0.612. The molecule has 0 spiro atoms. The minimum absolute atomic E-state index is 0.612. The fourth-order valence-electron chi connectivity index (χ4n) is 6.77. The summed E-state index contributed by atoms with van der Waals surface area (Å²) in [6.45, 7) is 0. The van der Waals surface area contributed by atoms with Crippen molar-refractivity contribution in [2.24, 2.45) is 0 Å². The molecule has 0 unspecified atom stereocenters. The topological polar surface area (TPSA) is 31.0 Å². The number of hydrogen-bond donors (Lipinski definition) is 0. The molecule has 0 bridgehead atoms. The van der Waals surface area contributed by atoms with E-state index in [0.29, 0.717) is 5.89 Å². The van der Waals surface area contributed by atoms with Crippen LogP contribution in [0.25, 0.3) is 83.4 Å². The third kappa shape index (κ3) is 4.68. The largest absolute Gasteiger partial charge is 0.435 e. The molecule has 0 fully saturated rings. The third-order valence-electron chi connectivity index (χ3n) is 8.95. The van der Waals surface area contributed by atoms with Crippen molar-refractivity contribution in [3.8, 4) is 50.5 Å². The molecule has 0 saturated carbocycles. The molecule has 0 aliphatic rings. The van der Waals surface area contributed by atoms with Crippen molar-refractivity contribution >= 4 is 48.8 Å². The molecule has 0 saturated heterocycles. The average molecular weight is 668 g/mol. The number of hydrogen-bond acceptors (Lipinski definition) is 2. The molecule has 2 heterocycles. The van der Waals surface area contributed by atoms with Crippen LogP contribution in [0.15, 0.2) is 173 Å². The van der Waals surface area contributed by atoms with Crippen molar-refractivity contribution < 1.29 is 4.42 Å². The molecule has 7 aromatic carbocycles. The fraction of sp³-hybridized carbons (Fsp3) is 0. The van der Waals surface area contributed by atoms with Crippen LogP contribution in [0.2, 0.25) is 0 Å². The number of aromatic nitrogens is 2. The van der Waals surface area contributed by atoms with Gasteiger partial charge >= 0.3 is 0 Å². The van der Waals surface area contributed by atoms with Gasteiger partial charge in [0.2, 0.25) is 5.89 Å². The minimum atomic E-state index is 0.612. The first-order chi connectivity index (χ1) is 23.2. The Morgan fingerprint density at radius 3 is 1.81 bits per heavy atom. The van der Waals surface area contributed by atoms with Gasteiger partial charge in [0.05, 0.1) is 15.5 Å². The van der Waals surface area contributed by atoms with Crippen LogP contribution in [0.5, 0.6) is 0 Å². The van der Waals surface area contributed by atoms with Gasteiger partial charge in [-0.3, -0.25) is 0 Å². The lowest BCUT2D eigenvalue weighted by Gasteiger charge is -2.15. The maximum Gasteiger partial charge on any atom is 0.227 e. The van der Waals surface area contributed by atoms with Crippen LogP contribution in [-0.4, -0.2) is 9.55 Å². The number of nitrogens with zero attached hydrogens (tertiary/aromatic N) is 2. The SMILES string of the molecule is Brc1cccc2nc(-c3ccc(-c4ccccc4-c4ccccc4-c4ccc5c(c4)c4ccccc4n5-c4ccccc4)cc3)oc12. The van der Waals surface area contributed by atoms with Gasteiger partial charge in [-0.2, -0.15) is 0 Å². The second-order valence-electron chi connectivity index (χ2n) is 11.7. The summed E-state index contributed by atoms with van der Waals surface area (Å²) in [5.41, 5.74) is 13.2. The highest BCUT2D eigenvalue weighted by molar-refractivity contribution is 9.10. The van der Waals surface area contributed by atoms with Gasteiger partial charge in [0, 0.05) is 22.0 Å². The van der Waals surface area contributed by atoms with Crippen molar-refractivity contribution in [1.82, 2.24) is 9.55 Å². The molecule has 47 heavy (non-hydrogen) atoms. The molecule has 9 rings (SSSR count). The second kappa shape index (κ2) is 11.3. The first-order valence-corrected chi connectivity index (χ1v) is 16.5. The van der Waals surface area contributed by atoms with E-state index in [1.165, 1.54) is 49.6 Å². The second-order valence-corrected chi connectivity index (χ2v) is 12.5. The zero-order valence-corrected chi connectivity index (χ0v) is 26.9. The Morgan fingerprint density at radius 1 is 0.468 bits per heavy atom. The van der Waals surface area contributed by atoms with E-state index in [-0.39, 0.29) is 0 Å². The predicted octanol–water partition coefficient (Wildman–Crippen LogP) is 12.4. The number of oxazole rings is 1. The molecule has 3 nitrogen and oxygen atoms in total. The Labute approximate surface area is 280 Å². The molecular formula is C43H27BrN2O. The van der Waals surface area contributed by atoms with Gasteiger partial charge in [-0.25, -0.2) is 4.98 Å². The monoisotopic (exact) mass is 666 g/mol. The summed E-state index contributed by atoms with van der Waals surface area (Å²) in [6, 6.07) is 57.9. The molecule has 4 heteroatoms. The standard InChI is InChI=1S/C43H27BrN2O/c44-38-18-10-19-39-42(38)47-43(45-39)29-23-21-28(22-24-29)32-13-4-6-15-34(32)35-16-7-5-14-33(35)30-25-26-41-37(27-30)36-17-8-9-20-40(36)46(41)31-11-2-1-3-12-31/h1-27H. The highest BCUT2D eigenvalue weighted by Crippen LogP contribution is 2.41. The quantitative estimate of drug-likeness (QED) is 0.183. The maximum absolute atomic E-state index is 6.11. The van der Waals surface area contributed by atoms with Crippen molar-refractivity contribution in [1.29, 1.82) is 0 Å². The van der Waals surface area contributed by atoms with E-state index in [0.717, 1.165) is 32.4 Å². The van der Waals surface area contributed by atoms with Gasteiger partial charge in [0.1, 0.15) is 5.52 Å². The third-order valence-corrected chi connectivity index (χ3v) is 9.58. The molecule has 0 atom stereocenters. The van der Waals surface area contributed by atoms with Gasteiger partial charge in [-0.05, 0) is 104 Å². The van der Waals surface area contributed by atoms with Crippen LogP contribution in [0, 0.1) is 0 Å². The van der Waals surface area contributed by atoms with Crippen LogP contribution >= 0.6 is 15.9 Å². The summed E-state index contributed by atoms with van der Waals surface area (Å²) < 4.78 is 9.37. The van der Waals surface area contributed by atoms with Crippen molar-refractivity contribution in [3.05, 3.63) is 168 Å². The van der Waals surface area contributed by atoms with Crippen molar-refractivity contribution in [2.45, 2.75) is 0 Å². The molecule has 0 amide bonds. The maximum atomic E-state index is 6.11. The lowest BCUT2D eigenvalue weighted by Crippen LogP contribution is -1.93. The molecule has 0 aliphatic carbocycles. The first-order valence-electron chi connectivity index (χ1n) is 15.7. The van der Waals surface area contributed by atoms with E-state index < -0.39 is 0 Å². The van der Waals surface area contributed by atoms with E-state index >= 15 is 0 Å². The van der Waals surface area contributed by atoms with E-state index in [1.54, 1.807) is 0 Å². The molecule has 0 aliphatic heterocycles. The van der Waals surface area contributed by atoms with E-state index in [4.69, 9.17) is 9.40 Å². The summed E-state index contributed by atoms with van der Waals surface area (Å²) in [4.78, 5) is 4.72. The van der Waals surface area contributed by atoms with Crippen molar-refractivity contribution in [2.75, 3.05) is 0 Å². The van der Waals surface area contributed by atoms with Crippen LogP contribution in [0.1, 0.15) is 0 Å². The van der Waals surface area contributed by atoms with Gasteiger partial charge in [0.25, 0.3) is 0 Å². The number of rotatable bonds is 5. The predicted molar refractivity (Wildman–Crippen MR) is 198 cm³/mol. The van der Waals surface area contributed by atoms with E-state index in [1.807, 2.05) is 18.2 Å². The number of benzene rings is 7. The van der Waals surface area contributed by atoms with Crippen molar-refractivity contribution in [3.63, 3.8) is 0 Å². The minimum Gasteiger partial charge on any atom is -0.435 e. The highest BCUT2D eigenvalue weighted by Gasteiger charge is 2.17. The van der Waals surface area contributed by atoms with Gasteiger partial charge in [-0.15, -0.1) is 0 Å². The van der Waals surface area contributed by atoms with Crippen LogP contribution in [0.3, 0.4) is 0 Å². The summed E-state index contributed by atoms with van der Waals surface area (Å²) in [6.07, 6.45) is 0. The van der Waals surface area contributed by atoms with E-state index in [2.05, 4.69) is 166 Å². The lowest BCUT2D eigenvalue weighted by molar-refractivity contribution is 0.618. The van der Waals surface area contributed by atoms with E-state index in [9.17, 15) is 0 Å². The Bertz CT molecular complexity index is 2580. The number of fused-ring (bicyclic) bond motifs is 4. The zero-order valence-electron chi connectivity index (χ0n) is 25.3. The van der Waals surface area contributed by atoms with Crippen LogP contribution in [-0.2, 0) is 0 Å². The lowest BCUT2D eigenvalue weighted by atomic mass is 9.89. The molecular weight excluding hydrogens is 640 g/mol. The summed E-state index contributed by atoms with van der Waals surface area (Å²) in [7, 11) is 0. The Morgan fingerprint density at radius 2 is 1.06 bits per heavy atom. The fourth-order valence-corrected chi connectivity index (χ4v) is 7.20. The number of para-hydroxylation sites is 3. The molecule has 222 valence electrons. The van der Waals surface area contributed by atoms with Crippen LogP contribution in [0.4, 0.5) is 0 Å². The van der Waals surface area contributed by atoms with Gasteiger partial charge < -0.3 is 8.98 Å². The van der Waals surface area contributed by atoms with Gasteiger partial charge in [0.15, 0.2) is 5.58 Å². The molecule has 0 radical (unpaired) electrons. The Balaban J connectivity index is 1.14. The first kappa shape index (κ1) is 27.6. The highest BCUT2D eigenvalue weighted by atomic mass is 79.9. The molecule has 9 aromatic rings. The van der Waals surface area contributed by atoms with Gasteiger partial charge in [-0.1, -0.05) is 109 Å². The zero-order chi connectivity index (χ0) is 31.3. The summed E-state index contributed by atoms with van der Waals surface area (Å²) in [5, 5.41) is 2.49. The Kier molecular flexibility index (Phi) is 6.61. The number of halogens is 1.